The summed E-state index contributed by atoms with van der Waals surface area (Å²) in [6.07, 6.45) is -0.738. The van der Waals surface area contributed by atoms with Crippen LogP contribution in [-0.2, 0) is 28.8 Å². The Hall–Kier alpha value is -3.22. The van der Waals surface area contributed by atoms with Crippen molar-refractivity contribution in [3.8, 4) is 0 Å². The molecule has 4 amide bonds. The van der Waals surface area contributed by atoms with Crippen LogP contribution in [0.4, 0.5) is 0 Å². The molecule has 0 fully saturated rings. The Labute approximate surface area is 198 Å². The molecular formula is C21H37N5O8. The van der Waals surface area contributed by atoms with Crippen molar-refractivity contribution in [2.24, 2.45) is 23.3 Å². The average Bonchev–Trinajstić information content (AvgIpc) is 2.73. The minimum atomic E-state index is -1.54. The number of carboxylic acids is 2. The SMILES string of the molecule is CCC(C)C(N)C(=O)NC(CCC(=O)O)C(=O)NC(CC(N)=O)C(=O)NC(CC(C)C)C(=O)O. The maximum atomic E-state index is 12.8. The molecule has 0 aliphatic rings. The zero-order chi connectivity index (χ0) is 26.6. The van der Waals surface area contributed by atoms with Crippen molar-refractivity contribution >= 4 is 35.6 Å². The largest absolute Gasteiger partial charge is 0.481 e. The molecule has 13 heteroatoms. The van der Waals surface area contributed by atoms with Gasteiger partial charge >= 0.3 is 11.9 Å². The number of carbonyl (C=O) groups is 6. The maximum Gasteiger partial charge on any atom is 0.326 e. The number of amides is 4. The van der Waals surface area contributed by atoms with Crippen LogP contribution in [0.25, 0.3) is 0 Å². The zero-order valence-corrected chi connectivity index (χ0v) is 20.0. The van der Waals surface area contributed by atoms with Crippen LogP contribution in [0.5, 0.6) is 0 Å². The number of nitrogens with one attached hydrogen (secondary N) is 3. The van der Waals surface area contributed by atoms with Crippen molar-refractivity contribution in [1.29, 1.82) is 0 Å². The highest BCUT2D eigenvalue weighted by Crippen LogP contribution is 2.09. The first kappa shape index (κ1) is 30.8. The van der Waals surface area contributed by atoms with Gasteiger partial charge in [0.15, 0.2) is 0 Å². The highest BCUT2D eigenvalue weighted by Gasteiger charge is 2.32. The van der Waals surface area contributed by atoms with E-state index in [0.717, 1.165) is 0 Å². The van der Waals surface area contributed by atoms with E-state index in [4.69, 9.17) is 16.6 Å². The highest BCUT2D eigenvalue weighted by molar-refractivity contribution is 5.96. The van der Waals surface area contributed by atoms with Crippen molar-refractivity contribution in [2.45, 2.75) is 84.0 Å². The Bertz CT molecular complexity index is 757. The van der Waals surface area contributed by atoms with Gasteiger partial charge in [-0.15, -0.1) is 0 Å². The summed E-state index contributed by atoms with van der Waals surface area (Å²) in [5.41, 5.74) is 11.0. The van der Waals surface area contributed by atoms with Gasteiger partial charge in [-0.25, -0.2) is 4.79 Å². The third-order valence-corrected chi connectivity index (χ3v) is 5.20. The molecule has 194 valence electrons. The van der Waals surface area contributed by atoms with Crippen LogP contribution in [0, 0.1) is 11.8 Å². The van der Waals surface area contributed by atoms with Crippen LogP contribution in [-0.4, -0.2) is 69.9 Å². The van der Waals surface area contributed by atoms with E-state index in [-0.39, 0.29) is 24.7 Å². The summed E-state index contributed by atoms with van der Waals surface area (Å²) >= 11 is 0. The minimum Gasteiger partial charge on any atom is -0.481 e. The van der Waals surface area contributed by atoms with Gasteiger partial charge in [-0.2, -0.15) is 0 Å². The van der Waals surface area contributed by atoms with Crippen LogP contribution in [0.3, 0.4) is 0 Å². The molecule has 0 bridgehead atoms. The molecule has 0 aromatic rings. The number of carboxylic acid groups (broad SMARTS) is 2. The molecule has 5 unspecified atom stereocenters. The minimum absolute atomic E-state index is 0.0732. The Morgan fingerprint density at radius 1 is 0.824 bits per heavy atom. The first-order chi connectivity index (χ1) is 15.7. The number of primary amides is 1. The Morgan fingerprint density at radius 2 is 1.32 bits per heavy atom. The van der Waals surface area contributed by atoms with E-state index >= 15 is 0 Å². The lowest BCUT2D eigenvalue weighted by atomic mass is 9.98. The monoisotopic (exact) mass is 487 g/mol. The summed E-state index contributed by atoms with van der Waals surface area (Å²) in [6.45, 7) is 7.07. The topological polar surface area (TPSA) is 231 Å². The Kier molecular flexibility index (Phi) is 13.4. The lowest BCUT2D eigenvalue weighted by Crippen LogP contribution is -2.58. The number of rotatable bonds is 16. The fourth-order valence-electron chi connectivity index (χ4n) is 2.96. The molecule has 5 atom stereocenters. The Balaban J connectivity index is 5.62. The number of hydrogen-bond donors (Lipinski definition) is 7. The van der Waals surface area contributed by atoms with Gasteiger partial charge in [-0.05, 0) is 24.7 Å². The van der Waals surface area contributed by atoms with Crippen LogP contribution >= 0.6 is 0 Å². The molecule has 0 spiro atoms. The van der Waals surface area contributed by atoms with Crippen LogP contribution in [0.1, 0.15) is 59.8 Å². The number of hydrogen-bond acceptors (Lipinski definition) is 7. The summed E-state index contributed by atoms with van der Waals surface area (Å²) < 4.78 is 0. The lowest BCUT2D eigenvalue weighted by molar-refractivity contribution is -0.143. The lowest BCUT2D eigenvalue weighted by Gasteiger charge is -2.25. The van der Waals surface area contributed by atoms with Crippen LogP contribution in [0.15, 0.2) is 0 Å². The van der Waals surface area contributed by atoms with E-state index in [1.54, 1.807) is 20.8 Å². The highest BCUT2D eigenvalue weighted by atomic mass is 16.4. The molecule has 0 radical (unpaired) electrons. The first-order valence-corrected chi connectivity index (χ1v) is 11.1. The summed E-state index contributed by atoms with van der Waals surface area (Å²) in [6, 6.07) is -5.13. The van der Waals surface area contributed by atoms with Gasteiger partial charge in [0.25, 0.3) is 0 Å². The molecule has 0 aromatic heterocycles. The summed E-state index contributed by atoms with van der Waals surface area (Å²) in [5.74, 6) is -6.33. The predicted molar refractivity (Wildman–Crippen MR) is 121 cm³/mol. The third kappa shape index (κ3) is 11.6. The van der Waals surface area contributed by atoms with Crippen LogP contribution < -0.4 is 27.4 Å². The zero-order valence-electron chi connectivity index (χ0n) is 20.0. The fourth-order valence-corrected chi connectivity index (χ4v) is 2.96. The van der Waals surface area contributed by atoms with E-state index < -0.39 is 72.6 Å². The van der Waals surface area contributed by atoms with Gasteiger partial charge in [0.2, 0.25) is 23.6 Å². The summed E-state index contributed by atoms with van der Waals surface area (Å²) in [7, 11) is 0. The Morgan fingerprint density at radius 3 is 1.76 bits per heavy atom. The van der Waals surface area contributed by atoms with E-state index in [0.29, 0.717) is 6.42 Å². The molecule has 0 rings (SSSR count). The predicted octanol–water partition coefficient (Wildman–Crippen LogP) is -1.31. The number of nitrogens with two attached hydrogens (primary N) is 2. The third-order valence-electron chi connectivity index (χ3n) is 5.20. The molecule has 0 heterocycles. The standard InChI is InChI=1S/C21H37N5O8/c1-5-11(4)17(23)20(32)24-12(6-7-16(28)29)18(30)25-13(9-15(22)27)19(31)26-14(21(33)34)8-10(2)3/h10-14,17H,5-9,23H2,1-4H3,(H2,22,27)(H,24,32)(H,25,30)(H,26,31)(H,28,29)(H,33,34). The molecule has 0 aliphatic heterocycles. The molecule has 34 heavy (non-hydrogen) atoms. The van der Waals surface area contributed by atoms with Gasteiger partial charge in [-0.1, -0.05) is 34.1 Å². The molecule has 0 saturated heterocycles. The fraction of sp³-hybridized carbons (Fsp3) is 0.714. The molecule has 0 aliphatic carbocycles. The quantitative estimate of drug-likeness (QED) is 0.137. The van der Waals surface area contributed by atoms with Crippen molar-refractivity contribution in [3.63, 3.8) is 0 Å². The smallest absolute Gasteiger partial charge is 0.326 e. The summed E-state index contributed by atoms with van der Waals surface area (Å²) in [5, 5.41) is 25.2. The van der Waals surface area contributed by atoms with Crippen molar-refractivity contribution in [2.75, 3.05) is 0 Å². The second-order valence-corrected chi connectivity index (χ2v) is 8.67. The van der Waals surface area contributed by atoms with Crippen LogP contribution in [0.2, 0.25) is 0 Å². The van der Waals surface area contributed by atoms with Crippen molar-refractivity contribution in [1.82, 2.24) is 16.0 Å². The van der Waals surface area contributed by atoms with Crippen molar-refractivity contribution < 1.29 is 39.0 Å². The average molecular weight is 488 g/mol. The van der Waals surface area contributed by atoms with E-state index in [1.165, 1.54) is 0 Å². The maximum absolute atomic E-state index is 12.8. The molecule has 0 aromatic carbocycles. The second-order valence-electron chi connectivity index (χ2n) is 8.67. The second kappa shape index (κ2) is 14.8. The molecular weight excluding hydrogens is 450 g/mol. The summed E-state index contributed by atoms with van der Waals surface area (Å²) in [4.78, 5) is 71.9. The first-order valence-electron chi connectivity index (χ1n) is 11.1. The molecule has 0 saturated carbocycles. The van der Waals surface area contributed by atoms with Crippen molar-refractivity contribution in [3.05, 3.63) is 0 Å². The van der Waals surface area contributed by atoms with E-state index in [9.17, 15) is 33.9 Å². The number of carbonyl (C=O) groups excluding carboxylic acids is 4. The number of aliphatic carboxylic acids is 2. The normalized spacial score (nSPS) is 15.4. The molecule has 13 nitrogen and oxygen atoms in total. The van der Waals surface area contributed by atoms with Gasteiger partial charge in [-0.3, -0.25) is 24.0 Å². The molecule has 9 N–H and O–H groups in total. The van der Waals surface area contributed by atoms with Gasteiger partial charge in [0.05, 0.1) is 12.5 Å². The van der Waals surface area contributed by atoms with E-state index in [1.807, 2.05) is 6.92 Å². The van der Waals surface area contributed by atoms with E-state index in [2.05, 4.69) is 16.0 Å². The van der Waals surface area contributed by atoms with Gasteiger partial charge in [0, 0.05) is 6.42 Å². The van der Waals surface area contributed by atoms with Gasteiger partial charge < -0.3 is 37.6 Å². The van der Waals surface area contributed by atoms with Gasteiger partial charge in [0.1, 0.15) is 18.1 Å².